The number of hydrogen-bond donors (Lipinski definition) is 2. The lowest BCUT2D eigenvalue weighted by atomic mass is 10.3. The zero-order valence-corrected chi connectivity index (χ0v) is 11.6. The summed E-state index contributed by atoms with van der Waals surface area (Å²) in [6.45, 7) is 1.78. The van der Waals surface area contributed by atoms with Crippen molar-refractivity contribution in [3.05, 3.63) is 45.1 Å². The molecule has 2 aromatic rings. The molecule has 1 unspecified atom stereocenters. The van der Waals surface area contributed by atoms with Crippen molar-refractivity contribution in [2.24, 2.45) is 5.73 Å². The maximum Gasteiger partial charge on any atom is 0.275 e. The molecule has 0 aliphatic carbocycles. The average Bonchev–Trinajstić information content (AvgIpc) is 2.83. The minimum absolute atomic E-state index is 0.210. The van der Waals surface area contributed by atoms with Crippen molar-refractivity contribution in [2.45, 2.75) is 13.0 Å². The lowest BCUT2D eigenvalue weighted by Gasteiger charge is -2.05. The summed E-state index contributed by atoms with van der Waals surface area (Å²) in [5.41, 5.74) is 6.11. The Balaban J connectivity index is 2.18. The van der Waals surface area contributed by atoms with Crippen molar-refractivity contribution in [1.29, 1.82) is 0 Å². The molecule has 0 bridgehead atoms. The number of hydrogen-bond acceptors (Lipinski definition) is 4. The summed E-state index contributed by atoms with van der Waals surface area (Å²) in [4.78, 5) is 16.0. The minimum Gasteiger partial charge on any atom is -0.322 e. The van der Waals surface area contributed by atoms with E-state index in [0.717, 1.165) is 6.07 Å². The van der Waals surface area contributed by atoms with Crippen molar-refractivity contribution in [1.82, 2.24) is 4.98 Å². The van der Waals surface area contributed by atoms with Gasteiger partial charge in [-0.3, -0.25) is 4.79 Å². The first-order valence-corrected chi connectivity index (χ1v) is 6.70. The van der Waals surface area contributed by atoms with Gasteiger partial charge in [0.15, 0.2) is 0 Å². The van der Waals surface area contributed by atoms with Gasteiger partial charge >= 0.3 is 0 Å². The highest BCUT2D eigenvalue weighted by atomic mass is 35.5. The average molecular weight is 300 g/mol. The largest absolute Gasteiger partial charge is 0.322 e. The molecule has 0 fully saturated rings. The van der Waals surface area contributed by atoms with Gasteiger partial charge in [0, 0.05) is 5.38 Å². The number of nitrogens with one attached hydrogen (secondary N) is 1. The first-order valence-electron chi connectivity index (χ1n) is 5.45. The van der Waals surface area contributed by atoms with Crippen LogP contribution >= 0.6 is 22.9 Å². The molecule has 100 valence electrons. The first kappa shape index (κ1) is 13.9. The molecule has 0 saturated heterocycles. The smallest absolute Gasteiger partial charge is 0.275 e. The molecule has 0 radical (unpaired) electrons. The Kier molecular flexibility index (Phi) is 4.14. The topological polar surface area (TPSA) is 68.0 Å². The van der Waals surface area contributed by atoms with Gasteiger partial charge in [0.05, 0.1) is 16.8 Å². The quantitative estimate of drug-likeness (QED) is 0.914. The molecule has 0 saturated carbocycles. The van der Waals surface area contributed by atoms with E-state index in [2.05, 4.69) is 10.3 Å². The van der Waals surface area contributed by atoms with Crippen LogP contribution in [0, 0.1) is 5.82 Å². The van der Waals surface area contributed by atoms with Gasteiger partial charge in [0.25, 0.3) is 5.91 Å². The Morgan fingerprint density at radius 3 is 2.95 bits per heavy atom. The molecule has 3 N–H and O–H groups in total. The molecule has 0 aliphatic heterocycles. The fourth-order valence-electron chi connectivity index (χ4n) is 1.38. The lowest BCUT2D eigenvalue weighted by molar-refractivity contribution is 0.102. The summed E-state index contributed by atoms with van der Waals surface area (Å²) in [5.74, 6) is -0.926. The number of amides is 1. The molecule has 1 aromatic heterocycles. The van der Waals surface area contributed by atoms with E-state index < -0.39 is 11.7 Å². The standard InChI is InChI=1S/C12H11ClFN3OS/c1-6(15)12-17-10(5-19-12)11(18)16-9-4-7(14)2-3-8(9)13/h2-6H,15H2,1H3,(H,16,18). The molecule has 0 spiro atoms. The SMILES string of the molecule is CC(N)c1nc(C(=O)Nc2cc(F)ccc2Cl)cs1. The van der Waals surface area contributed by atoms with E-state index >= 15 is 0 Å². The summed E-state index contributed by atoms with van der Waals surface area (Å²) in [6.07, 6.45) is 0. The van der Waals surface area contributed by atoms with Crippen molar-refractivity contribution < 1.29 is 9.18 Å². The zero-order valence-electron chi connectivity index (χ0n) is 9.98. The number of halogens is 2. The van der Waals surface area contributed by atoms with Crippen LogP contribution < -0.4 is 11.1 Å². The third-order valence-electron chi connectivity index (χ3n) is 2.32. The van der Waals surface area contributed by atoms with Gasteiger partial charge in [-0.1, -0.05) is 11.6 Å². The van der Waals surface area contributed by atoms with Crippen molar-refractivity contribution >= 4 is 34.5 Å². The monoisotopic (exact) mass is 299 g/mol. The van der Waals surface area contributed by atoms with Crippen molar-refractivity contribution in [2.75, 3.05) is 5.32 Å². The predicted octanol–water partition coefficient (Wildman–Crippen LogP) is 3.21. The fraction of sp³-hybridized carbons (Fsp3) is 0.167. The maximum absolute atomic E-state index is 13.1. The van der Waals surface area contributed by atoms with E-state index in [0.29, 0.717) is 5.01 Å². The lowest BCUT2D eigenvalue weighted by Crippen LogP contribution is -2.13. The first-order chi connectivity index (χ1) is 8.97. The molecule has 1 heterocycles. The van der Waals surface area contributed by atoms with E-state index in [9.17, 15) is 9.18 Å². The van der Waals surface area contributed by atoms with E-state index in [1.807, 2.05) is 0 Å². The van der Waals surface area contributed by atoms with Crippen LogP contribution in [-0.4, -0.2) is 10.9 Å². The number of nitrogens with zero attached hydrogens (tertiary/aromatic N) is 1. The number of carbonyl (C=O) groups is 1. The third-order valence-corrected chi connectivity index (χ3v) is 3.70. The second kappa shape index (κ2) is 5.64. The number of carbonyl (C=O) groups excluding carboxylic acids is 1. The summed E-state index contributed by atoms with van der Waals surface area (Å²) < 4.78 is 13.1. The molecule has 7 heteroatoms. The Morgan fingerprint density at radius 2 is 2.32 bits per heavy atom. The summed E-state index contributed by atoms with van der Waals surface area (Å²) in [6, 6.07) is 3.51. The van der Waals surface area contributed by atoms with Gasteiger partial charge in [-0.2, -0.15) is 0 Å². The predicted molar refractivity (Wildman–Crippen MR) is 74.1 cm³/mol. The van der Waals surface area contributed by atoms with Crippen LogP contribution in [0.3, 0.4) is 0 Å². The Morgan fingerprint density at radius 1 is 1.58 bits per heavy atom. The van der Waals surface area contributed by atoms with Gasteiger partial charge in [-0.15, -0.1) is 11.3 Å². The van der Waals surface area contributed by atoms with Gasteiger partial charge in [-0.25, -0.2) is 9.37 Å². The number of nitrogens with two attached hydrogens (primary N) is 1. The van der Waals surface area contributed by atoms with Crippen molar-refractivity contribution in [3.63, 3.8) is 0 Å². The molecular weight excluding hydrogens is 289 g/mol. The fourth-order valence-corrected chi connectivity index (χ4v) is 2.30. The van der Waals surface area contributed by atoms with Crippen LogP contribution in [0.5, 0.6) is 0 Å². The number of anilines is 1. The van der Waals surface area contributed by atoms with E-state index in [1.165, 1.54) is 23.5 Å². The summed E-state index contributed by atoms with van der Waals surface area (Å²) in [5, 5.41) is 5.03. The van der Waals surface area contributed by atoms with Crippen LogP contribution in [0.25, 0.3) is 0 Å². The summed E-state index contributed by atoms with van der Waals surface area (Å²) >= 11 is 7.16. The van der Waals surface area contributed by atoms with Gasteiger partial charge in [0.1, 0.15) is 16.5 Å². The molecule has 19 heavy (non-hydrogen) atoms. The maximum atomic E-state index is 13.1. The number of rotatable bonds is 3. The summed E-state index contributed by atoms with van der Waals surface area (Å²) in [7, 11) is 0. The highest BCUT2D eigenvalue weighted by molar-refractivity contribution is 7.09. The van der Waals surface area contributed by atoms with Gasteiger partial charge < -0.3 is 11.1 Å². The van der Waals surface area contributed by atoms with Gasteiger partial charge in [-0.05, 0) is 25.1 Å². The molecule has 1 atom stereocenters. The zero-order chi connectivity index (χ0) is 14.0. The van der Waals surface area contributed by atoms with E-state index in [1.54, 1.807) is 12.3 Å². The molecule has 1 amide bonds. The minimum atomic E-state index is -0.478. The Bertz CT molecular complexity index is 615. The number of benzene rings is 1. The van der Waals surface area contributed by atoms with Crippen LogP contribution in [0.2, 0.25) is 5.02 Å². The molecule has 0 aliphatic rings. The van der Waals surface area contributed by atoms with Crippen LogP contribution in [0.1, 0.15) is 28.5 Å². The number of aromatic nitrogens is 1. The Hall–Kier alpha value is -1.50. The second-order valence-corrected chi connectivity index (χ2v) is 5.23. The van der Waals surface area contributed by atoms with Crippen molar-refractivity contribution in [3.8, 4) is 0 Å². The van der Waals surface area contributed by atoms with E-state index in [-0.39, 0.29) is 22.4 Å². The number of thiazole rings is 1. The van der Waals surface area contributed by atoms with Gasteiger partial charge in [0.2, 0.25) is 0 Å². The third kappa shape index (κ3) is 3.28. The van der Waals surface area contributed by atoms with E-state index in [4.69, 9.17) is 17.3 Å². The normalized spacial score (nSPS) is 12.2. The second-order valence-electron chi connectivity index (χ2n) is 3.94. The van der Waals surface area contributed by atoms with Crippen LogP contribution in [0.4, 0.5) is 10.1 Å². The Labute approximate surface area is 118 Å². The molecule has 4 nitrogen and oxygen atoms in total. The molecule has 1 aromatic carbocycles. The molecule has 2 rings (SSSR count). The van der Waals surface area contributed by atoms with Crippen LogP contribution in [-0.2, 0) is 0 Å². The highest BCUT2D eigenvalue weighted by Gasteiger charge is 2.14. The molecular formula is C12H11ClFN3OS. The van der Waals surface area contributed by atoms with Crippen LogP contribution in [0.15, 0.2) is 23.6 Å². The highest BCUT2D eigenvalue weighted by Crippen LogP contribution is 2.23.